The zero-order valence-corrected chi connectivity index (χ0v) is 37.9. The van der Waals surface area contributed by atoms with Crippen LogP contribution < -0.4 is 0 Å². The Bertz CT molecular complexity index is 894. The third-order valence-corrected chi connectivity index (χ3v) is 11.9. The first kappa shape index (κ1) is 53.3. The lowest BCUT2D eigenvalue weighted by atomic mass is 9.94. The van der Waals surface area contributed by atoms with Gasteiger partial charge in [0, 0.05) is 39.1 Å². The van der Waals surface area contributed by atoms with Crippen molar-refractivity contribution in [3.05, 3.63) is 0 Å². The fourth-order valence-corrected chi connectivity index (χ4v) is 7.96. The number of aliphatic hydroxyl groups is 1. The first-order valence-corrected chi connectivity index (χ1v) is 24.4. The average Bonchev–Trinajstić information content (AvgIpc) is 3.22. The van der Waals surface area contributed by atoms with Gasteiger partial charge in [0.1, 0.15) is 19.8 Å². The highest BCUT2D eigenvalue weighted by atomic mass is 16.6. The second kappa shape index (κ2) is 38.5. The van der Waals surface area contributed by atoms with Crippen LogP contribution in [0.3, 0.4) is 0 Å². The summed E-state index contributed by atoms with van der Waals surface area (Å²) in [5.74, 6) is -1.19. The number of nitrogens with zero attached hydrogens (tertiary/aromatic N) is 2. The molecule has 1 saturated heterocycles. The number of esters is 3. The highest BCUT2D eigenvalue weighted by Crippen LogP contribution is 2.23. The highest BCUT2D eigenvalue weighted by Gasteiger charge is 2.25. The maximum absolute atomic E-state index is 13.6. The Morgan fingerprint density at radius 2 is 0.807 bits per heavy atom. The molecule has 0 aromatic heterocycles. The Hall–Kier alpha value is -1.71. The van der Waals surface area contributed by atoms with E-state index in [2.05, 4.69) is 37.5 Å². The van der Waals surface area contributed by atoms with Crippen molar-refractivity contribution in [1.29, 1.82) is 0 Å². The van der Waals surface area contributed by atoms with E-state index in [1.807, 2.05) is 0 Å². The molecule has 336 valence electrons. The molecule has 1 aliphatic heterocycles. The molecule has 0 amide bonds. The van der Waals surface area contributed by atoms with Crippen molar-refractivity contribution in [2.24, 2.45) is 17.8 Å². The lowest BCUT2D eigenvalue weighted by Gasteiger charge is -2.34. The number of carbonyl (C=O) groups excluding carboxylic acids is 3. The van der Waals surface area contributed by atoms with Crippen LogP contribution in [0.2, 0.25) is 0 Å². The third kappa shape index (κ3) is 30.0. The lowest BCUT2D eigenvalue weighted by molar-refractivity contribution is -0.157. The number of aliphatic hydroxyl groups excluding tert-OH is 1. The maximum atomic E-state index is 13.6. The van der Waals surface area contributed by atoms with E-state index in [4.69, 9.17) is 14.2 Å². The zero-order chi connectivity index (χ0) is 41.6. The molecular weight excluding hydrogens is 717 g/mol. The molecule has 2 unspecified atom stereocenters. The Morgan fingerprint density at radius 3 is 1.23 bits per heavy atom. The highest BCUT2D eigenvalue weighted by molar-refractivity contribution is 5.73. The van der Waals surface area contributed by atoms with E-state index in [-0.39, 0.29) is 56.2 Å². The molecule has 1 N–H and O–H groups in total. The fraction of sp³-hybridized carbons (Fsp3) is 0.938. The van der Waals surface area contributed by atoms with Crippen LogP contribution >= 0.6 is 0 Å². The molecule has 0 saturated carbocycles. The van der Waals surface area contributed by atoms with Crippen molar-refractivity contribution in [3.8, 4) is 0 Å². The van der Waals surface area contributed by atoms with Crippen molar-refractivity contribution in [2.75, 3.05) is 65.7 Å². The summed E-state index contributed by atoms with van der Waals surface area (Å²) in [5, 5.41) is 9.19. The number of carbonyl (C=O) groups is 3. The summed E-state index contributed by atoms with van der Waals surface area (Å²) in [6.45, 7) is 15.2. The molecule has 1 fully saturated rings. The molecule has 0 aliphatic carbocycles. The second-order valence-electron chi connectivity index (χ2n) is 17.2. The SMILES string of the molecule is CCCCCCCCC(CCCCCC)C(=O)OCC(COC(=O)CCCCCN1CCN(CCO)CC1)COC(=O)C(CCCCCC)CCCCCCCC. The average molecular weight is 809 g/mol. The topological polar surface area (TPSA) is 106 Å². The molecule has 0 radical (unpaired) electrons. The van der Waals surface area contributed by atoms with E-state index in [0.29, 0.717) is 6.42 Å². The lowest BCUT2D eigenvalue weighted by Crippen LogP contribution is -2.47. The van der Waals surface area contributed by atoms with Crippen LogP contribution in [0.5, 0.6) is 0 Å². The van der Waals surface area contributed by atoms with E-state index in [1.54, 1.807) is 0 Å². The number of β-amino-alcohol motifs (C(OH)–C–C–N with tert-alkyl or cyclic N) is 1. The summed E-state index contributed by atoms with van der Waals surface area (Å²) in [5.41, 5.74) is 0. The molecule has 9 heteroatoms. The quantitative estimate of drug-likeness (QED) is 0.0368. The van der Waals surface area contributed by atoms with Gasteiger partial charge in [0.2, 0.25) is 0 Å². The van der Waals surface area contributed by atoms with Gasteiger partial charge >= 0.3 is 17.9 Å². The molecule has 9 nitrogen and oxygen atoms in total. The monoisotopic (exact) mass is 809 g/mol. The van der Waals surface area contributed by atoms with Crippen molar-refractivity contribution < 1.29 is 33.7 Å². The van der Waals surface area contributed by atoms with Gasteiger partial charge in [-0.05, 0) is 45.1 Å². The van der Waals surface area contributed by atoms with Gasteiger partial charge in [-0.15, -0.1) is 0 Å². The van der Waals surface area contributed by atoms with Crippen LogP contribution in [0, 0.1) is 17.8 Å². The molecule has 57 heavy (non-hydrogen) atoms. The number of piperazine rings is 1. The van der Waals surface area contributed by atoms with Gasteiger partial charge in [-0.3, -0.25) is 19.3 Å². The number of unbranched alkanes of at least 4 members (excludes halogenated alkanes) is 18. The molecule has 2 atom stereocenters. The van der Waals surface area contributed by atoms with E-state index < -0.39 is 5.92 Å². The molecule has 0 bridgehead atoms. The summed E-state index contributed by atoms with van der Waals surface area (Å²) >= 11 is 0. The normalized spacial score (nSPS) is 15.3. The molecule has 1 rings (SSSR count). The Balaban J connectivity index is 2.79. The Kier molecular flexibility index (Phi) is 36.0. The van der Waals surface area contributed by atoms with E-state index in [9.17, 15) is 19.5 Å². The van der Waals surface area contributed by atoms with Crippen LogP contribution in [-0.2, 0) is 28.6 Å². The molecule has 1 heterocycles. The number of hydrogen-bond donors (Lipinski definition) is 1. The van der Waals surface area contributed by atoms with Crippen LogP contribution in [-0.4, -0.2) is 98.5 Å². The zero-order valence-electron chi connectivity index (χ0n) is 37.9. The summed E-state index contributed by atoms with van der Waals surface area (Å²) in [6, 6.07) is 0. The minimum Gasteiger partial charge on any atom is -0.465 e. The van der Waals surface area contributed by atoms with Gasteiger partial charge in [0.05, 0.1) is 24.4 Å². The predicted octanol–water partition coefficient (Wildman–Crippen LogP) is 11.1. The molecule has 0 aromatic rings. The van der Waals surface area contributed by atoms with Gasteiger partial charge < -0.3 is 24.2 Å². The summed E-state index contributed by atoms with van der Waals surface area (Å²) < 4.78 is 17.8. The minimum absolute atomic E-state index is 0.0781. The van der Waals surface area contributed by atoms with Crippen molar-refractivity contribution in [3.63, 3.8) is 0 Å². The Labute approximate surface area is 351 Å². The third-order valence-electron chi connectivity index (χ3n) is 11.9. The van der Waals surface area contributed by atoms with Crippen molar-refractivity contribution in [1.82, 2.24) is 9.80 Å². The maximum Gasteiger partial charge on any atom is 0.308 e. The van der Waals surface area contributed by atoms with Crippen molar-refractivity contribution >= 4 is 17.9 Å². The number of rotatable bonds is 40. The molecule has 0 spiro atoms. The minimum atomic E-state index is -0.393. The second-order valence-corrected chi connectivity index (χ2v) is 17.2. The fourth-order valence-electron chi connectivity index (χ4n) is 7.96. The summed E-state index contributed by atoms with van der Waals surface area (Å²) in [4.78, 5) is 44.8. The smallest absolute Gasteiger partial charge is 0.308 e. The first-order chi connectivity index (χ1) is 27.9. The number of ether oxygens (including phenoxy) is 3. The van der Waals surface area contributed by atoms with Crippen LogP contribution in [0.15, 0.2) is 0 Å². The Morgan fingerprint density at radius 1 is 0.456 bits per heavy atom. The first-order valence-electron chi connectivity index (χ1n) is 24.4. The van der Waals surface area contributed by atoms with E-state index >= 15 is 0 Å². The molecule has 1 aliphatic rings. The van der Waals surface area contributed by atoms with E-state index in [1.165, 1.54) is 64.2 Å². The number of hydrogen-bond acceptors (Lipinski definition) is 9. The molecular formula is C48H92N2O7. The van der Waals surface area contributed by atoms with Gasteiger partial charge in [-0.25, -0.2) is 0 Å². The van der Waals surface area contributed by atoms with Crippen LogP contribution in [0.25, 0.3) is 0 Å². The largest absolute Gasteiger partial charge is 0.465 e. The van der Waals surface area contributed by atoms with Gasteiger partial charge in [0.15, 0.2) is 0 Å². The standard InChI is InChI=1S/C48H92N2O7/c1-5-9-13-17-19-24-30-44(28-22-15-11-7-3)47(53)56-41-43(40-55-46(52)32-26-21-27-33-49-34-36-50(37-35-49)38-39-51)42-57-48(54)45(29-23-16-12-8-4)31-25-20-18-14-10-6-2/h43-45,51H,5-42H2,1-4H3. The predicted molar refractivity (Wildman–Crippen MR) is 235 cm³/mol. The van der Waals surface area contributed by atoms with Crippen molar-refractivity contribution in [2.45, 2.75) is 207 Å². The van der Waals surface area contributed by atoms with Crippen LogP contribution in [0.4, 0.5) is 0 Å². The van der Waals surface area contributed by atoms with Gasteiger partial charge in [-0.2, -0.15) is 0 Å². The summed E-state index contributed by atoms with van der Waals surface area (Å²) in [6.07, 6.45) is 29.8. The summed E-state index contributed by atoms with van der Waals surface area (Å²) in [7, 11) is 0. The van der Waals surface area contributed by atoms with Crippen LogP contribution in [0.1, 0.15) is 207 Å². The van der Waals surface area contributed by atoms with E-state index in [0.717, 1.165) is 148 Å². The molecule has 0 aromatic carbocycles. The van der Waals surface area contributed by atoms with Gasteiger partial charge in [-0.1, -0.05) is 163 Å². The van der Waals surface area contributed by atoms with Gasteiger partial charge in [0.25, 0.3) is 0 Å².